The summed E-state index contributed by atoms with van der Waals surface area (Å²) in [6, 6.07) is 19.3. The van der Waals surface area contributed by atoms with Gasteiger partial charge in [-0.25, -0.2) is 0 Å². The van der Waals surface area contributed by atoms with E-state index in [2.05, 4.69) is 6.58 Å². The topological polar surface area (TPSA) is 38.7 Å². The molecule has 0 aliphatic carbocycles. The highest BCUT2D eigenvalue weighted by atomic mass is 16.5. The second-order valence-electron chi connectivity index (χ2n) is 5.30. The maximum absolute atomic E-state index is 10.6. The van der Waals surface area contributed by atoms with E-state index >= 15 is 0 Å². The third-order valence-corrected chi connectivity index (χ3v) is 3.26. The monoisotopic (exact) mass is 298 g/mol. The van der Waals surface area contributed by atoms with E-state index in [0.29, 0.717) is 13.0 Å². The van der Waals surface area contributed by atoms with Crippen molar-refractivity contribution in [2.24, 2.45) is 0 Å². The van der Waals surface area contributed by atoms with Crippen LogP contribution in [0.15, 0.2) is 73.3 Å². The first-order valence-electron chi connectivity index (χ1n) is 7.35. The van der Waals surface area contributed by atoms with Crippen LogP contribution in [0.1, 0.15) is 12.0 Å². The lowest BCUT2D eigenvalue weighted by molar-refractivity contribution is -0.0738. The fourth-order valence-electron chi connectivity index (χ4n) is 2.10. The summed E-state index contributed by atoms with van der Waals surface area (Å²) < 4.78 is 11.3. The van der Waals surface area contributed by atoms with Crippen molar-refractivity contribution < 1.29 is 14.6 Å². The van der Waals surface area contributed by atoms with E-state index in [1.54, 1.807) is 6.08 Å². The van der Waals surface area contributed by atoms with Crippen LogP contribution in [-0.4, -0.2) is 23.9 Å². The third kappa shape index (κ3) is 5.35. The lowest BCUT2D eigenvalue weighted by atomic mass is 10.0. The molecule has 1 atom stereocenters. The van der Waals surface area contributed by atoms with Gasteiger partial charge < -0.3 is 14.6 Å². The summed E-state index contributed by atoms with van der Waals surface area (Å²) in [6.07, 6.45) is 2.09. The molecular weight excluding hydrogens is 276 g/mol. The molecule has 116 valence electrons. The van der Waals surface area contributed by atoms with Crippen LogP contribution in [-0.2, 0) is 11.3 Å². The molecule has 2 aromatic rings. The van der Waals surface area contributed by atoms with Gasteiger partial charge in [0.1, 0.15) is 18.0 Å². The molecule has 0 radical (unpaired) electrons. The molecule has 0 aliphatic rings. The summed E-state index contributed by atoms with van der Waals surface area (Å²) in [6.45, 7) is 4.52. The van der Waals surface area contributed by atoms with Crippen LogP contribution in [0.3, 0.4) is 0 Å². The quantitative estimate of drug-likeness (QED) is 0.719. The fourth-order valence-corrected chi connectivity index (χ4v) is 2.10. The molecule has 0 spiro atoms. The van der Waals surface area contributed by atoms with E-state index in [0.717, 1.165) is 11.3 Å². The van der Waals surface area contributed by atoms with Crippen molar-refractivity contribution in [2.45, 2.75) is 18.6 Å². The minimum Gasteiger partial charge on any atom is -0.490 e. The number of hydrogen-bond acceptors (Lipinski definition) is 3. The standard InChI is InChI=1S/C19H22O3/c1-2-13-19(20,16-22-18-11-7-4-8-12-18)15-21-14-17-9-5-3-6-10-17/h2-12,20H,1,13-16H2. The average Bonchev–Trinajstić information content (AvgIpc) is 2.55. The Bertz CT molecular complexity index is 553. The molecule has 0 bridgehead atoms. The van der Waals surface area contributed by atoms with E-state index in [-0.39, 0.29) is 13.2 Å². The molecule has 3 nitrogen and oxygen atoms in total. The molecule has 0 saturated heterocycles. The maximum atomic E-state index is 10.6. The number of para-hydroxylation sites is 1. The molecule has 2 rings (SSSR count). The summed E-state index contributed by atoms with van der Waals surface area (Å²) in [5.74, 6) is 0.730. The number of aliphatic hydroxyl groups is 1. The zero-order valence-electron chi connectivity index (χ0n) is 12.7. The van der Waals surface area contributed by atoms with Gasteiger partial charge in [-0.1, -0.05) is 54.6 Å². The van der Waals surface area contributed by atoms with Gasteiger partial charge in [-0.15, -0.1) is 6.58 Å². The zero-order valence-corrected chi connectivity index (χ0v) is 12.7. The Morgan fingerprint density at radius 2 is 1.59 bits per heavy atom. The van der Waals surface area contributed by atoms with Crippen molar-refractivity contribution in [3.05, 3.63) is 78.9 Å². The molecule has 1 unspecified atom stereocenters. The molecule has 22 heavy (non-hydrogen) atoms. The van der Waals surface area contributed by atoms with E-state index in [4.69, 9.17) is 9.47 Å². The third-order valence-electron chi connectivity index (χ3n) is 3.26. The predicted octanol–water partition coefficient (Wildman–Crippen LogP) is 3.59. The maximum Gasteiger partial charge on any atom is 0.125 e. The number of ether oxygens (including phenoxy) is 2. The van der Waals surface area contributed by atoms with Crippen LogP contribution >= 0.6 is 0 Å². The normalized spacial score (nSPS) is 13.3. The summed E-state index contributed by atoms with van der Waals surface area (Å²) in [7, 11) is 0. The fraction of sp³-hybridized carbons (Fsp3) is 0.263. The Morgan fingerprint density at radius 1 is 0.955 bits per heavy atom. The molecule has 0 aromatic heterocycles. The predicted molar refractivity (Wildman–Crippen MR) is 87.8 cm³/mol. The molecule has 0 heterocycles. The number of benzene rings is 2. The lowest BCUT2D eigenvalue weighted by Gasteiger charge is -2.26. The van der Waals surface area contributed by atoms with Gasteiger partial charge in [0.05, 0.1) is 13.2 Å². The van der Waals surface area contributed by atoms with Crippen LogP contribution in [0.2, 0.25) is 0 Å². The highest BCUT2D eigenvalue weighted by molar-refractivity contribution is 5.21. The summed E-state index contributed by atoms with van der Waals surface area (Å²) >= 11 is 0. The molecule has 2 aromatic carbocycles. The summed E-state index contributed by atoms with van der Waals surface area (Å²) in [4.78, 5) is 0. The lowest BCUT2D eigenvalue weighted by Crippen LogP contribution is -2.40. The Labute approximate surface area is 131 Å². The molecule has 3 heteroatoms. The van der Waals surface area contributed by atoms with Gasteiger partial charge in [0.2, 0.25) is 0 Å². The van der Waals surface area contributed by atoms with Crippen LogP contribution < -0.4 is 4.74 Å². The minimum atomic E-state index is -1.08. The van der Waals surface area contributed by atoms with E-state index in [9.17, 15) is 5.11 Å². The molecule has 0 saturated carbocycles. The van der Waals surface area contributed by atoms with Crippen LogP contribution in [0, 0.1) is 0 Å². The molecule has 0 fully saturated rings. The Morgan fingerprint density at radius 3 is 2.23 bits per heavy atom. The Hall–Kier alpha value is -2.10. The second kappa shape index (κ2) is 8.37. The van der Waals surface area contributed by atoms with Crippen molar-refractivity contribution in [3.63, 3.8) is 0 Å². The smallest absolute Gasteiger partial charge is 0.125 e. The highest BCUT2D eigenvalue weighted by Crippen LogP contribution is 2.17. The molecular formula is C19H22O3. The van der Waals surface area contributed by atoms with Gasteiger partial charge in [0, 0.05) is 0 Å². The van der Waals surface area contributed by atoms with E-state index in [1.807, 2.05) is 60.7 Å². The van der Waals surface area contributed by atoms with Crippen molar-refractivity contribution >= 4 is 0 Å². The summed E-state index contributed by atoms with van der Waals surface area (Å²) in [5, 5.41) is 10.6. The first-order valence-corrected chi connectivity index (χ1v) is 7.35. The van der Waals surface area contributed by atoms with Gasteiger partial charge in [0.25, 0.3) is 0 Å². The van der Waals surface area contributed by atoms with Crippen LogP contribution in [0.4, 0.5) is 0 Å². The van der Waals surface area contributed by atoms with Crippen LogP contribution in [0.5, 0.6) is 5.75 Å². The van der Waals surface area contributed by atoms with E-state index in [1.165, 1.54) is 0 Å². The summed E-state index contributed by atoms with van der Waals surface area (Å²) in [5.41, 5.74) is -0.000687. The van der Waals surface area contributed by atoms with Gasteiger partial charge in [-0.2, -0.15) is 0 Å². The highest BCUT2D eigenvalue weighted by Gasteiger charge is 2.27. The second-order valence-corrected chi connectivity index (χ2v) is 5.30. The van der Waals surface area contributed by atoms with Crippen LogP contribution in [0.25, 0.3) is 0 Å². The van der Waals surface area contributed by atoms with Crippen molar-refractivity contribution in [1.29, 1.82) is 0 Å². The van der Waals surface area contributed by atoms with Gasteiger partial charge in [-0.05, 0) is 24.1 Å². The largest absolute Gasteiger partial charge is 0.490 e. The zero-order chi connectivity index (χ0) is 15.7. The first kappa shape index (κ1) is 16.3. The van der Waals surface area contributed by atoms with Gasteiger partial charge >= 0.3 is 0 Å². The minimum absolute atomic E-state index is 0.165. The first-order chi connectivity index (χ1) is 10.7. The van der Waals surface area contributed by atoms with Gasteiger partial charge in [0.15, 0.2) is 0 Å². The molecule has 0 amide bonds. The Balaban J connectivity index is 1.85. The molecule has 0 aliphatic heterocycles. The SMILES string of the molecule is C=CCC(O)(COCc1ccccc1)COc1ccccc1. The van der Waals surface area contributed by atoms with Crippen molar-refractivity contribution in [1.82, 2.24) is 0 Å². The van der Waals surface area contributed by atoms with E-state index < -0.39 is 5.60 Å². The van der Waals surface area contributed by atoms with Gasteiger partial charge in [-0.3, -0.25) is 0 Å². The van der Waals surface area contributed by atoms with Crippen molar-refractivity contribution in [2.75, 3.05) is 13.2 Å². The number of hydrogen-bond donors (Lipinski definition) is 1. The average molecular weight is 298 g/mol. The Kier molecular flexibility index (Phi) is 6.19. The molecule has 1 N–H and O–H groups in total. The van der Waals surface area contributed by atoms with Crippen molar-refractivity contribution in [3.8, 4) is 5.75 Å². The number of rotatable bonds is 9.